The predicted octanol–water partition coefficient (Wildman–Crippen LogP) is 1.03. The van der Waals surface area contributed by atoms with Gasteiger partial charge in [0.2, 0.25) is 0 Å². The van der Waals surface area contributed by atoms with E-state index >= 15 is 0 Å². The van der Waals surface area contributed by atoms with Crippen molar-refractivity contribution >= 4 is 5.84 Å². The standard InChI is InChI=1S/C15H24N4O2/c1-2-14(15(16)17-21)19-8-6-18(7-9-19)11-12-4-3-5-13(20)10-12/h3-5,10,14,20-21H,2,6-9,11H2,1H3,(H2,16,17). The molecule has 0 amide bonds. The molecule has 1 fully saturated rings. The van der Waals surface area contributed by atoms with Gasteiger partial charge in [0.25, 0.3) is 0 Å². The molecule has 0 bridgehead atoms. The second kappa shape index (κ2) is 7.28. The van der Waals surface area contributed by atoms with Gasteiger partial charge in [-0.2, -0.15) is 0 Å². The highest BCUT2D eigenvalue weighted by molar-refractivity contribution is 5.85. The second-order valence-corrected chi connectivity index (χ2v) is 5.43. The summed E-state index contributed by atoms with van der Waals surface area (Å²) in [5, 5.41) is 21.5. The molecular weight excluding hydrogens is 268 g/mol. The molecule has 1 aromatic rings. The quantitative estimate of drug-likeness (QED) is 0.327. The average Bonchev–Trinajstić information content (AvgIpc) is 2.49. The summed E-state index contributed by atoms with van der Waals surface area (Å²) in [7, 11) is 0. The van der Waals surface area contributed by atoms with Crippen molar-refractivity contribution in [3.05, 3.63) is 29.8 Å². The van der Waals surface area contributed by atoms with E-state index in [9.17, 15) is 5.11 Å². The molecule has 0 saturated carbocycles. The van der Waals surface area contributed by atoms with Crippen LogP contribution >= 0.6 is 0 Å². The number of phenols is 1. The first-order chi connectivity index (χ1) is 10.1. The summed E-state index contributed by atoms with van der Waals surface area (Å²) in [6, 6.07) is 7.39. The Morgan fingerprint density at radius 3 is 2.62 bits per heavy atom. The Bertz CT molecular complexity index is 484. The van der Waals surface area contributed by atoms with Crippen molar-refractivity contribution in [2.45, 2.75) is 25.9 Å². The topological polar surface area (TPSA) is 85.3 Å². The SMILES string of the molecule is CCC(/C(N)=N/O)N1CCN(Cc2cccc(O)c2)CC1. The Hall–Kier alpha value is -1.79. The lowest BCUT2D eigenvalue weighted by Gasteiger charge is -2.38. The van der Waals surface area contributed by atoms with Gasteiger partial charge in [-0.05, 0) is 24.1 Å². The van der Waals surface area contributed by atoms with Gasteiger partial charge in [0.1, 0.15) is 5.75 Å². The molecule has 2 rings (SSSR count). The van der Waals surface area contributed by atoms with Crippen LogP contribution in [0.2, 0.25) is 0 Å². The number of nitrogens with two attached hydrogens (primary N) is 1. The maximum atomic E-state index is 9.50. The lowest BCUT2D eigenvalue weighted by atomic mass is 10.1. The van der Waals surface area contributed by atoms with Gasteiger partial charge in [-0.25, -0.2) is 0 Å². The van der Waals surface area contributed by atoms with Gasteiger partial charge in [0.15, 0.2) is 5.84 Å². The first-order valence-electron chi connectivity index (χ1n) is 7.35. The fourth-order valence-corrected chi connectivity index (χ4v) is 2.87. The third-order valence-corrected chi connectivity index (χ3v) is 4.01. The van der Waals surface area contributed by atoms with Crippen LogP contribution < -0.4 is 5.73 Å². The zero-order chi connectivity index (χ0) is 15.2. The van der Waals surface area contributed by atoms with Crippen molar-refractivity contribution in [2.75, 3.05) is 26.2 Å². The number of nitrogens with zero attached hydrogens (tertiary/aromatic N) is 3. The zero-order valence-corrected chi connectivity index (χ0v) is 12.4. The number of hydrogen-bond acceptors (Lipinski definition) is 5. The number of rotatable bonds is 5. The lowest BCUT2D eigenvalue weighted by Crippen LogP contribution is -2.53. The molecule has 1 saturated heterocycles. The van der Waals surface area contributed by atoms with Gasteiger partial charge in [0.05, 0.1) is 6.04 Å². The molecule has 6 nitrogen and oxygen atoms in total. The van der Waals surface area contributed by atoms with Crippen molar-refractivity contribution in [1.29, 1.82) is 0 Å². The highest BCUT2D eigenvalue weighted by Crippen LogP contribution is 2.15. The Kier molecular flexibility index (Phi) is 5.41. The normalized spacial score (nSPS) is 19.6. The van der Waals surface area contributed by atoms with Gasteiger partial charge in [-0.3, -0.25) is 9.80 Å². The van der Waals surface area contributed by atoms with Crippen LogP contribution in [0.4, 0.5) is 0 Å². The van der Waals surface area contributed by atoms with Crippen LogP contribution in [0, 0.1) is 0 Å². The maximum absolute atomic E-state index is 9.50. The van der Waals surface area contributed by atoms with Gasteiger partial charge < -0.3 is 16.0 Å². The summed E-state index contributed by atoms with van der Waals surface area (Å²) >= 11 is 0. The van der Waals surface area contributed by atoms with Crippen LogP contribution in [0.3, 0.4) is 0 Å². The molecule has 1 aliphatic rings. The molecule has 0 aromatic heterocycles. The molecule has 1 atom stereocenters. The van der Waals surface area contributed by atoms with Crippen LogP contribution in [0.25, 0.3) is 0 Å². The molecule has 0 spiro atoms. The summed E-state index contributed by atoms with van der Waals surface area (Å²) in [5.74, 6) is 0.600. The van der Waals surface area contributed by atoms with Gasteiger partial charge >= 0.3 is 0 Å². The van der Waals surface area contributed by atoms with Gasteiger partial charge in [-0.1, -0.05) is 24.2 Å². The van der Waals surface area contributed by atoms with E-state index in [0.717, 1.165) is 44.7 Å². The molecule has 116 valence electrons. The minimum atomic E-state index is 0.0120. The fraction of sp³-hybridized carbons (Fsp3) is 0.533. The highest BCUT2D eigenvalue weighted by Gasteiger charge is 2.25. The number of aromatic hydroxyl groups is 1. The molecule has 0 aliphatic carbocycles. The summed E-state index contributed by atoms with van der Waals surface area (Å²) in [5.41, 5.74) is 6.87. The van der Waals surface area contributed by atoms with Crippen molar-refractivity contribution < 1.29 is 10.3 Å². The molecule has 1 unspecified atom stereocenters. The third kappa shape index (κ3) is 4.09. The predicted molar refractivity (Wildman–Crippen MR) is 82.4 cm³/mol. The van der Waals surface area contributed by atoms with Crippen molar-refractivity contribution in [1.82, 2.24) is 9.80 Å². The summed E-state index contributed by atoms with van der Waals surface area (Å²) in [6.07, 6.45) is 0.836. The molecule has 4 N–H and O–H groups in total. The minimum absolute atomic E-state index is 0.0120. The molecule has 1 aliphatic heterocycles. The van der Waals surface area contributed by atoms with E-state index in [4.69, 9.17) is 10.9 Å². The fourth-order valence-electron chi connectivity index (χ4n) is 2.87. The highest BCUT2D eigenvalue weighted by atomic mass is 16.4. The molecular formula is C15H24N4O2. The van der Waals surface area contributed by atoms with Gasteiger partial charge in [0, 0.05) is 32.7 Å². The Balaban J connectivity index is 1.88. The monoisotopic (exact) mass is 292 g/mol. The van der Waals surface area contributed by atoms with E-state index in [2.05, 4.69) is 15.0 Å². The number of phenolic OH excluding ortho intramolecular Hbond substituents is 1. The Labute approximate surface area is 125 Å². The van der Waals surface area contributed by atoms with Gasteiger partial charge in [-0.15, -0.1) is 0 Å². The van der Waals surface area contributed by atoms with Crippen molar-refractivity contribution in [2.24, 2.45) is 10.9 Å². The summed E-state index contributed by atoms with van der Waals surface area (Å²) in [6.45, 7) is 6.54. The smallest absolute Gasteiger partial charge is 0.156 e. The van der Waals surface area contributed by atoms with E-state index < -0.39 is 0 Å². The number of piperazine rings is 1. The summed E-state index contributed by atoms with van der Waals surface area (Å²) in [4.78, 5) is 4.61. The largest absolute Gasteiger partial charge is 0.508 e. The van der Waals surface area contributed by atoms with Crippen LogP contribution in [0.15, 0.2) is 29.4 Å². The number of hydrogen-bond donors (Lipinski definition) is 3. The van der Waals surface area contributed by atoms with E-state index in [1.807, 2.05) is 19.1 Å². The molecule has 21 heavy (non-hydrogen) atoms. The van der Waals surface area contributed by atoms with Crippen molar-refractivity contribution in [3.63, 3.8) is 0 Å². The van der Waals surface area contributed by atoms with Crippen LogP contribution in [-0.4, -0.2) is 58.2 Å². The Morgan fingerprint density at radius 1 is 1.33 bits per heavy atom. The maximum Gasteiger partial charge on any atom is 0.156 e. The lowest BCUT2D eigenvalue weighted by molar-refractivity contribution is 0.109. The zero-order valence-electron chi connectivity index (χ0n) is 12.4. The van der Waals surface area contributed by atoms with E-state index in [0.29, 0.717) is 11.6 Å². The molecule has 6 heteroatoms. The summed E-state index contributed by atoms with van der Waals surface area (Å²) < 4.78 is 0. The third-order valence-electron chi connectivity index (χ3n) is 4.01. The molecule has 0 radical (unpaired) electrons. The van der Waals surface area contributed by atoms with E-state index in [1.165, 1.54) is 0 Å². The minimum Gasteiger partial charge on any atom is -0.508 e. The Morgan fingerprint density at radius 2 is 2.05 bits per heavy atom. The van der Waals surface area contributed by atoms with Crippen LogP contribution in [-0.2, 0) is 6.54 Å². The first kappa shape index (κ1) is 15.6. The van der Waals surface area contributed by atoms with E-state index in [-0.39, 0.29) is 6.04 Å². The van der Waals surface area contributed by atoms with E-state index in [1.54, 1.807) is 12.1 Å². The van der Waals surface area contributed by atoms with Crippen molar-refractivity contribution in [3.8, 4) is 5.75 Å². The number of amidine groups is 1. The average molecular weight is 292 g/mol. The number of oxime groups is 1. The number of benzene rings is 1. The first-order valence-corrected chi connectivity index (χ1v) is 7.35. The van der Waals surface area contributed by atoms with Crippen LogP contribution in [0.1, 0.15) is 18.9 Å². The second-order valence-electron chi connectivity index (χ2n) is 5.43. The van der Waals surface area contributed by atoms with Crippen LogP contribution in [0.5, 0.6) is 5.75 Å². The molecule has 1 heterocycles. The molecule has 1 aromatic carbocycles.